The standard InChI is InChI=1S/C11H8BrF2NO2/c1-17-11(16)9-3-7(5-15)8(10(13)14)2-6(9)4-12/h2-3,10H,4H2,1H3. The Morgan fingerprint density at radius 2 is 2.24 bits per heavy atom. The highest BCUT2D eigenvalue weighted by Crippen LogP contribution is 2.27. The van der Waals surface area contributed by atoms with Crippen LogP contribution in [0.2, 0.25) is 0 Å². The van der Waals surface area contributed by atoms with Gasteiger partial charge in [0.2, 0.25) is 0 Å². The topological polar surface area (TPSA) is 50.1 Å². The first-order valence-electron chi connectivity index (χ1n) is 4.54. The molecule has 6 heteroatoms. The Labute approximate surface area is 105 Å². The molecule has 0 aromatic heterocycles. The Kier molecular flexibility index (Phi) is 4.58. The maximum Gasteiger partial charge on any atom is 0.338 e. The summed E-state index contributed by atoms with van der Waals surface area (Å²) in [6.45, 7) is 0. The van der Waals surface area contributed by atoms with Gasteiger partial charge in [-0.1, -0.05) is 15.9 Å². The first-order chi connectivity index (χ1) is 8.04. The molecule has 0 bridgehead atoms. The summed E-state index contributed by atoms with van der Waals surface area (Å²) in [6, 6.07) is 3.92. The van der Waals surface area contributed by atoms with E-state index >= 15 is 0 Å². The molecule has 0 N–H and O–H groups in total. The van der Waals surface area contributed by atoms with Crippen LogP contribution in [0.5, 0.6) is 0 Å². The van der Waals surface area contributed by atoms with E-state index in [1.807, 2.05) is 0 Å². The van der Waals surface area contributed by atoms with E-state index in [9.17, 15) is 13.6 Å². The van der Waals surface area contributed by atoms with E-state index in [-0.39, 0.29) is 22.0 Å². The number of benzene rings is 1. The molecule has 1 aromatic carbocycles. The number of esters is 1. The number of carbonyl (C=O) groups is 1. The van der Waals surface area contributed by atoms with E-state index in [0.717, 1.165) is 12.1 Å². The molecule has 1 rings (SSSR count). The first kappa shape index (κ1) is 13.6. The second kappa shape index (κ2) is 5.73. The molecule has 1 aromatic rings. The van der Waals surface area contributed by atoms with E-state index in [2.05, 4.69) is 20.7 Å². The van der Waals surface area contributed by atoms with Crippen molar-refractivity contribution in [1.82, 2.24) is 0 Å². The molecule has 0 aliphatic carbocycles. The summed E-state index contributed by atoms with van der Waals surface area (Å²) in [4.78, 5) is 11.4. The molecule has 0 saturated heterocycles. The summed E-state index contributed by atoms with van der Waals surface area (Å²) in [6.07, 6.45) is -2.76. The van der Waals surface area contributed by atoms with Crippen molar-refractivity contribution < 1.29 is 18.3 Å². The van der Waals surface area contributed by atoms with Crippen molar-refractivity contribution in [1.29, 1.82) is 5.26 Å². The second-order valence-corrected chi connectivity index (χ2v) is 3.70. The smallest absolute Gasteiger partial charge is 0.338 e. The van der Waals surface area contributed by atoms with Gasteiger partial charge in [0, 0.05) is 10.9 Å². The maximum atomic E-state index is 12.7. The number of alkyl halides is 3. The highest BCUT2D eigenvalue weighted by Gasteiger charge is 2.19. The third-order valence-electron chi connectivity index (χ3n) is 2.18. The molecule has 0 aliphatic heterocycles. The van der Waals surface area contributed by atoms with Gasteiger partial charge in [0.05, 0.1) is 24.3 Å². The number of hydrogen-bond donors (Lipinski definition) is 0. The van der Waals surface area contributed by atoms with Crippen LogP contribution in [0.4, 0.5) is 8.78 Å². The molecule has 17 heavy (non-hydrogen) atoms. The van der Waals surface area contributed by atoms with Crippen molar-refractivity contribution in [2.24, 2.45) is 0 Å². The van der Waals surface area contributed by atoms with Gasteiger partial charge in [-0.2, -0.15) is 5.26 Å². The summed E-state index contributed by atoms with van der Waals surface area (Å²) >= 11 is 3.10. The van der Waals surface area contributed by atoms with Crippen molar-refractivity contribution >= 4 is 21.9 Å². The zero-order chi connectivity index (χ0) is 13.0. The zero-order valence-electron chi connectivity index (χ0n) is 8.84. The number of halogens is 3. The number of carbonyl (C=O) groups excluding carboxylic acids is 1. The Bertz CT molecular complexity index is 483. The van der Waals surface area contributed by atoms with Crippen molar-refractivity contribution in [2.75, 3.05) is 7.11 Å². The maximum absolute atomic E-state index is 12.7. The van der Waals surface area contributed by atoms with Gasteiger partial charge in [-0.05, 0) is 17.7 Å². The minimum Gasteiger partial charge on any atom is -0.465 e. The lowest BCUT2D eigenvalue weighted by Crippen LogP contribution is -2.07. The van der Waals surface area contributed by atoms with Crippen LogP contribution < -0.4 is 0 Å². The lowest BCUT2D eigenvalue weighted by Gasteiger charge is -2.10. The normalized spacial score (nSPS) is 10.1. The summed E-state index contributed by atoms with van der Waals surface area (Å²) in [5.74, 6) is -0.656. The number of methoxy groups -OCH3 is 1. The lowest BCUT2D eigenvalue weighted by molar-refractivity contribution is 0.0599. The highest BCUT2D eigenvalue weighted by atomic mass is 79.9. The molecule has 90 valence electrons. The van der Waals surface area contributed by atoms with Crippen LogP contribution in [0.25, 0.3) is 0 Å². The van der Waals surface area contributed by atoms with Crippen LogP contribution in [0.1, 0.15) is 33.5 Å². The molecule has 0 radical (unpaired) electrons. The van der Waals surface area contributed by atoms with Gasteiger partial charge in [0.15, 0.2) is 0 Å². The Morgan fingerprint density at radius 1 is 1.59 bits per heavy atom. The van der Waals surface area contributed by atoms with Crippen LogP contribution in [0.3, 0.4) is 0 Å². The number of hydrogen-bond acceptors (Lipinski definition) is 3. The molecule has 0 aliphatic rings. The number of rotatable bonds is 3. The lowest BCUT2D eigenvalue weighted by atomic mass is 10.00. The van der Waals surface area contributed by atoms with Crippen LogP contribution in [-0.2, 0) is 10.1 Å². The van der Waals surface area contributed by atoms with Crippen molar-refractivity contribution in [3.63, 3.8) is 0 Å². The minimum absolute atomic E-state index is 0.116. The van der Waals surface area contributed by atoms with Crippen molar-refractivity contribution in [3.8, 4) is 6.07 Å². The summed E-state index contributed by atoms with van der Waals surface area (Å²) in [7, 11) is 1.19. The SMILES string of the molecule is COC(=O)c1cc(C#N)c(C(F)F)cc1CBr. The molecule has 0 heterocycles. The largest absolute Gasteiger partial charge is 0.465 e. The quantitative estimate of drug-likeness (QED) is 0.636. The monoisotopic (exact) mass is 303 g/mol. The summed E-state index contributed by atoms with van der Waals surface area (Å²) < 4.78 is 29.8. The van der Waals surface area contributed by atoms with Crippen molar-refractivity contribution in [3.05, 3.63) is 34.4 Å². The van der Waals surface area contributed by atoms with Crippen LogP contribution in [0.15, 0.2) is 12.1 Å². The average Bonchev–Trinajstić information content (AvgIpc) is 2.35. The van der Waals surface area contributed by atoms with E-state index in [1.54, 1.807) is 6.07 Å². The fraction of sp³-hybridized carbons (Fsp3) is 0.273. The van der Waals surface area contributed by atoms with Gasteiger partial charge in [-0.15, -0.1) is 0 Å². The number of nitriles is 1. The van der Waals surface area contributed by atoms with Gasteiger partial charge in [-0.3, -0.25) is 0 Å². The van der Waals surface area contributed by atoms with E-state index < -0.39 is 12.4 Å². The van der Waals surface area contributed by atoms with Crippen LogP contribution >= 0.6 is 15.9 Å². The Morgan fingerprint density at radius 3 is 2.65 bits per heavy atom. The van der Waals surface area contributed by atoms with Gasteiger partial charge in [-0.25, -0.2) is 13.6 Å². The predicted octanol–water partition coefficient (Wildman–Crippen LogP) is 3.18. The van der Waals surface area contributed by atoms with E-state index in [0.29, 0.717) is 5.56 Å². The molecule has 0 saturated carbocycles. The van der Waals surface area contributed by atoms with Crippen LogP contribution in [0, 0.1) is 11.3 Å². The third kappa shape index (κ3) is 2.80. The summed E-state index contributed by atoms with van der Waals surface area (Å²) in [5, 5.41) is 8.99. The molecule has 0 spiro atoms. The fourth-order valence-corrected chi connectivity index (χ4v) is 1.82. The molecular weight excluding hydrogens is 296 g/mol. The molecule has 0 fully saturated rings. The highest BCUT2D eigenvalue weighted by molar-refractivity contribution is 9.08. The number of nitrogens with zero attached hydrogens (tertiary/aromatic N) is 1. The van der Waals surface area contributed by atoms with Gasteiger partial charge >= 0.3 is 5.97 Å². The van der Waals surface area contributed by atoms with Gasteiger partial charge in [0.1, 0.15) is 0 Å². The average molecular weight is 304 g/mol. The third-order valence-corrected chi connectivity index (χ3v) is 2.78. The molecule has 0 unspecified atom stereocenters. The molecule has 0 atom stereocenters. The van der Waals surface area contributed by atoms with E-state index in [4.69, 9.17) is 5.26 Å². The van der Waals surface area contributed by atoms with Gasteiger partial charge < -0.3 is 4.74 Å². The first-order valence-corrected chi connectivity index (χ1v) is 5.66. The minimum atomic E-state index is -2.76. The Hall–Kier alpha value is -1.48. The van der Waals surface area contributed by atoms with E-state index in [1.165, 1.54) is 7.11 Å². The Balaban J connectivity index is 3.44. The number of ether oxygens (including phenoxy) is 1. The second-order valence-electron chi connectivity index (χ2n) is 3.13. The molecular formula is C11H8BrF2NO2. The predicted molar refractivity (Wildman–Crippen MR) is 60.1 cm³/mol. The molecule has 0 amide bonds. The van der Waals surface area contributed by atoms with Gasteiger partial charge in [0.25, 0.3) is 6.43 Å². The summed E-state index contributed by atoms with van der Waals surface area (Å²) in [5.41, 5.74) is -0.115. The molecule has 3 nitrogen and oxygen atoms in total. The zero-order valence-corrected chi connectivity index (χ0v) is 10.4. The van der Waals surface area contributed by atoms with Crippen molar-refractivity contribution in [2.45, 2.75) is 11.8 Å². The fourth-order valence-electron chi connectivity index (χ4n) is 1.35. The van der Waals surface area contributed by atoms with Crippen LogP contribution in [-0.4, -0.2) is 13.1 Å².